The van der Waals surface area contributed by atoms with Crippen LogP contribution in [0.1, 0.15) is 22.0 Å². The molecule has 0 saturated carbocycles. The minimum Gasteiger partial charge on any atom is -0.496 e. The topological polar surface area (TPSA) is 41.6 Å². The monoisotopic (exact) mass is 366 g/mol. The maximum atomic E-state index is 13.0. The molecule has 1 fully saturated rings. The van der Waals surface area contributed by atoms with Gasteiger partial charge in [-0.1, -0.05) is 41.9 Å². The van der Waals surface area contributed by atoms with Crippen LogP contribution in [0.2, 0.25) is 5.02 Å². The molecule has 1 aliphatic rings. The number of ether oxygens (including phenoxy) is 1. The van der Waals surface area contributed by atoms with E-state index in [0.717, 1.165) is 17.9 Å². The Balaban J connectivity index is 0.00000208. The number of benzene rings is 2. The third-order valence-electron chi connectivity index (χ3n) is 4.11. The first-order valence-electron chi connectivity index (χ1n) is 7.61. The molecule has 1 N–H and O–H groups in total. The summed E-state index contributed by atoms with van der Waals surface area (Å²) in [5, 5.41) is 3.83. The molecule has 0 bridgehead atoms. The molecule has 6 heteroatoms. The Bertz CT molecular complexity index is 709. The van der Waals surface area contributed by atoms with Crippen molar-refractivity contribution in [2.24, 2.45) is 0 Å². The molecule has 2 aromatic carbocycles. The molecule has 1 aliphatic heterocycles. The van der Waals surface area contributed by atoms with Crippen LogP contribution in [0.3, 0.4) is 0 Å². The van der Waals surface area contributed by atoms with Crippen LogP contribution in [0.4, 0.5) is 0 Å². The highest BCUT2D eigenvalue weighted by Crippen LogP contribution is 2.32. The van der Waals surface area contributed by atoms with Gasteiger partial charge in [-0.3, -0.25) is 4.79 Å². The van der Waals surface area contributed by atoms with E-state index < -0.39 is 0 Å². The van der Waals surface area contributed by atoms with Gasteiger partial charge in [0.25, 0.3) is 5.91 Å². The summed E-state index contributed by atoms with van der Waals surface area (Å²) in [5.41, 5.74) is 1.54. The molecule has 4 nitrogen and oxygen atoms in total. The standard InChI is InChI=1S/C18H19ClN2O2.ClH/c1-23-17-9-5-3-7-14(17)16-12-20-10-11-21(16)18(22)13-6-2-4-8-15(13)19;/h2-9,16,20H,10-12H2,1H3;1H. The predicted molar refractivity (Wildman–Crippen MR) is 98.3 cm³/mol. The lowest BCUT2D eigenvalue weighted by Crippen LogP contribution is -2.48. The quantitative estimate of drug-likeness (QED) is 0.902. The fourth-order valence-corrected chi connectivity index (χ4v) is 3.17. The number of nitrogens with one attached hydrogen (secondary N) is 1. The number of para-hydroxylation sites is 1. The van der Waals surface area contributed by atoms with E-state index in [1.807, 2.05) is 41.3 Å². The minimum absolute atomic E-state index is 0. The number of hydrogen-bond acceptors (Lipinski definition) is 3. The average Bonchev–Trinajstić information content (AvgIpc) is 2.61. The number of halogens is 2. The first-order valence-corrected chi connectivity index (χ1v) is 7.99. The van der Waals surface area contributed by atoms with Crippen LogP contribution in [0, 0.1) is 0 Å². The molecular weight excluding hydrogens is 347 g/mol. The predicted octanol–water partition coefficient (Wildman–Crippen LogP) is 3.56. The van der Waals surface area contributed by atoms with Crippen LogP contribution in [0.25, 0.3) is 0 Å². The zero-order valence-electron chi connectivity index (χ0n) is 13.4. The molecule has 128 valence electrons. The summed E-state index contributed by atoms with van der Waals surface area (Å²) in [7, 11) is 1.65. The minimum atomic E-state index is -0.0799. The van der Waals surface area contributed by atoms with Crippen LogP contribution >= 0.6 is 24.0 Å². The van der Waals surface area contributed by atoms with Crippen LogP contribution in [0.5, 0.6) is 5.75 Å². The Labute approximate surface area is 153 Å². The highest BCUT2D eigenvalue weighted by atomic mass is 35.5. The Kier molecular flexibility index (Phi) is 6.49. The largest absolute Gasteiger partial charge is 0.496 e. The number of carbonyl (C=O) groups is 1. The second-order valence-electron chi connectivity index (χ2n) is 5.44. The van der Waals surface area contributed by atoms with Crippen molar-refractivity contribution in [2.45, 2.75) is 6.04 Å². The SMILES string of the molecule is COc1ccccc1C1CNCCN1C(=O)c1ccccc1Cl.Cl. The Morgan fingerprint density at radius 2 is 1.92 bits per heavy atom. The molecule has 1 unspecified atom stereocenters. The van der Waals surface area contributed by atoms with E-state index in [1.165, 1.54) is 0 Å². The molecule has 1 saturated heterocycles. The van der Waals surface area contributed by atoms with Crippen LogP contribution in [-0.2, 0) is 0 Å². The van der Waals surface area contributed by atoms with E-state index in [0.29, 0.717) is 23.7 Å². The van der Waals surface area contributed by atoms with E-state index in [2.05, 4.69) is 5.32 Å². The lowest BCUT2D eigenvalue weighted by Gasteiger charge is -2.37. The van der Waals surface area contributed by atoms with E-state index >= 15 is 0 Å². The van der Waals surface area contributed by atoms with Gasteiger partial charge in [0.1, 0.15) is 5.75 Å². The molecule has 0 aromatic heterocycles. The second-order valence-corrected chi connectivity index (χ2v) is 5.85. The van der Waals surface area contributed by atoms with Crippen molar-refractivity contribution in [2.75, 3.05) is 26.7 Å². The summed E-state index contributed by atoms with van der Waals surface area (Å²) in [6.45, 7) is 2.09. The zero-order chi connectivity index (χ0) is 16.2. The van der Waals surface area contributed by atoms with Gasteiger partial charge in [-0.05, 0) is 18.2 Å². The highest BCUT2D eigenvalue weighted by molar-refractivity contribution is 6.33. The van der Waals surface area contributed by atoms with Crippen molar-refractivity contribution in [3.63, 3.8) is 0 Å². The van der Waals surface area contributed by atoms with Gasteiger partial charge in [0.05, 0.1) is 23.7 Å². The fraction of sp³-hybridized carbons (Fsp3) is 0.278. The summed E-state index contributed by atoms with van der Waals surface area (Å²) < 4.78 is 5.46. The number of piperazine rings is 1. The molecule has 0 aliphatic carbocycles. The maximum absolute atomic E-state index is 13.0. The van der Waals surface area contributed by atoms with E-state index in [4.69, 9.17) is 16.3 Å². The zero-order valence-corrected chi connectivity index (χ0v) is 14.9. The summed E-state index contributed by atoms with van der Waals surface area (Å²) >= 11 is 6.20. The molecule has 1 heterocycles. The van der Waals surface area contributed by atoms with Crippen molar-refractivity contribution in [3.8, 4) is 5.75 Å². The van der Waals surface area contributed by atoms with Gasteiger partial charge < -0.3 is 15.0 Å². The van der Waals surface area contributed by atoms with Crippen LogP contribution < -0.4 is 10.1 Å². The number of methoxy groups -OCH3 is 1. The smallest absolute Gasteiger partial charge is 0.255 e. The molecule has 0 spiro atoms. The number of hydrogen-bond donors (Lipinski definition) is 1. The Morgan fingerprint density at radius 1 is 1.21 bits per heavy atom. The lowest BCUT2D eigenvalue weighted by molar-refractivity contribution is 0.0632. The molecular formula is C18H20Cl2N2O2. The average molecular weight is 367 g/mol. The number of carbonyl (C=O) groups excluding carboxylic acids is 1. The summed E-state index contributed by atoms with van der Waals surface area (Å²) in [6.07, 6.45) is 0. The molecule has 24 heavy (non-hydrogen) atoms. The van der Waals surface area contributed by atoms with Crippen LogP contribution in [-0.4, -0.2) is 37.6 Å². The number of nitrogens with zero attached hydrogens (tertiary/aromatic N) is 1. The third kappa shape index (κ3) is 3.66. The van der Waals surface area contributed by atoms with Crippen molar-refractivity contribution < 1.29 is 9.53 Å². The van der Waals surface area contributed by atoms with E-state index in [-0.39, 0.29) is 24.4 Å². The highest BCUT2D eigenvalue weighted by Gasteiger charge is 2.31. The van der Waals surface area contributed by atoms with E-state index in [1.54, 1.807) is 19.2 Å². The Hall–Kier alpha value is -1.75. The normalized spacial score (nSPS) is 17.1. The maximum Gasteiger partial charge on any atom is 0.255 e. The van der Waals surface area contributed by atoms with Gasteiger partial charge in [0.15, 0.2) is 0 Å². The van der Waals surface area contributed by atoms with Gasteiger partial charge in [-0.2, -0.15) is 0 Å². The van der Waals surface area contributed by atoms with Crippen molar-refractivity contribution in [1.29, 1.82) is 0 Å². The first-order chi connectivity index (χ1) is 11.2. The van der Waals surface area contributed by atoms with Crippen LogP contribution in [0.15, 0.2) is 48.5 Å². The third-order valence-corrected chi connectivity index (χ3v) is 4.44. The summed E-state index contributed by atoms with van der Waals surface area (Å²) in [6, 6.07) is 14.9. The summed E-state index contributed by atoms with van der Waals surface area (Å²) in [4.78, 5) is 14.8. The van der Waals surface area contributed by atoms with Gasteiger partial charge >= 0.3 is 0 Å². The second kappa shape index (κ2) is 8.38. The van der Waals surface area contributed by atoms with E-state index in [9.17, 15) is 4.79 Å². The van der Waals surface area contributed by atoms with Crippen molar-refractivity contribution in [3.05, 3.63) is 64.7 Å². The van der Waals surface area contributed by atoms with Crippen molar-refractivity contribution >= 4 is 29.9 Å². The molecule has 1 amide bonds. The molecule has 0 radical (unpaired) electrons. The fourth-order valence-electron chi connectivity index (χ4n) is 2.96. The molecule has 2 aromatic rings. The lowest BCUT2D eigenvalue weighted by atomic mass is 10.0. The number of amides is 1. The van der Waals surface area contributed by atoms with Gasteiger partial charge in [0, 0.05) is 25.2 Å². The summed E-state index contributed by atoms with van der Waals surface area (Å²) in [5.74, 6) is 0.742. The Morgan fingerprint density at radius 3 is 2.67 bits per heavy atom. The van der Waals surface area contributed by atoms with Gasteiger partial charge in [-0.25, -0.2) is 0 Å². The van der Waals surface area contributed by atoms with Gasteiger partial charge in [-0.15, -0.1) is 12.4 Å². The number of rotatable bonds is 3. The van der Waals surface area contributed by atoms with Gasteiger partial charge in [0.2, 0.25) is 0 Å². The molecule has 1 atom stereocenters. The molecule has 3 rings (SSSR count). The first kappa shape index (κ1) is 18.6. The van der Waals surface area contributed by atoms with Crippen molar-refractivity contribution in [1.82, 2.24) is 10.2 Å².